The first-order valence-electron chi connectivity index (χ1n) is 9.29. The number of fused-ring (bicyclic) bond motifs is 1. The van der Waals surface area contributed by atoms with Crippen molar-refractivity contribution in [2.75, 3.05) is 6.26 Å². The van der Waals surface area contributed by atoms with Gasteiger partial charge < -0.3 is 0 Å². The van der Waals surface area contributed by atoms with E-state index in [4.69, 9.17) is 0 Å². The SMILES string of the molecule is Cc1cc(-n2c(=O)c(C3CC3)cc3n[nH]c(C4CC4)c32)ccc1S(C)(=O)=O.[HH]. The molecule has 2 heterocycles. The third kappa shape index (κ3) is 2.72. The van der Waals surface area contributed by atoms with Gasteiger partial charge in [-0.3, -0.25) is 14.5 Å². The molecule has 2 aromatic heterocycles. The molecule has 1 aromatic carbocycles. The minimum Gasteiger partial charge on any atom is -0.279 e. The molecule has 2 fully saturated rings. The Morgan fingerprint density at radius 3 is 2.44 bits per heavy atom. The molecule has 0 radical (unpaired) electrons. The Bertz CT molecular complexity index is 1250. The lowest BCUT2D eigenvalue weighted by Crippen LogP contribution is -2.23. The summed E-state index contributed by atoms with van der Waals surface area (Å²) in [5.74, 6) is 0.731. The molecule has 0 saturated heterocycles. The van der Waals surface area contributed by atoms with Crippen LogP contribution in [0, 0.1) is 6.92 Å². The molecular formula is C20H23N3O3S. The van der Waals surface area contributed by atoms with E-state index in [1.165, 1.54) is 6.26 Å². The molecule has 1 N–H and O–H groups in total. The lowest BCUT2D eigenvalue weighted by Gasteiger charge is -2.13. The van der Waals surface area contributed by atoms with Crippen molar-refractivity contribution in [3.05, 3.63) is 51.4 Å². The largest absolute Gasteiger partial charge is 0.279 e. The number of aromatic amines is 1. The van der Waals surface area contributed by atoms with Gasteiger partial charge in [-0.1, -0.05) is 0 Å². The molecular weight excluding hydrogens is 362 g/mol. The first-order chi connectivity index (χ1) is 12.8. The fourth-order valence-corrected chi connectivity index (χ4v) is 4.88. The molecule has 0 amide bonds. The fourth-order valence-electron chi connectivity index (χ4n) is 3.92. The number of nitrogens with one attached hydrogen (secondary N) is 1. The summed E-state index contributed by atoms with van der Waals surface area (Å²) in [5, 5.41) is 7.62. The monoisotopic (exact) mass is 385 g/mol. The minimum atomic E-state index is -3.30. The van der Waals surface area contributed by atoms with Crippen LogP contribution in [-0.4, -0.2) is 29.4 Å². The molecule has 0 atom stereocenters. The van der Waals surface area contributed by atoms with Gasteiger partial charge in [-0.25, -0.2) is 8.42 Å². The molecule has 7 heteroatoms. The highest BCUT2D eigenvalue weighted by Gasteiger charge is 2.32. The number of benzene rings is 1. The van der Waals surface area contributed by atoms with Crippen LogP contribution in [0.5, 0.6) is 0 Å². The summed E-state index contributed by atoms with van der Waals surface area (Å²) in [4.78, 5) is 13.6. The van der Waals surface area contributed by atoms with Crippen molar-refractivity contribution in [3.8, 4) is 5.69 Å². The number of aromatic nitrogens is 3. The summed E-state index contributed by atoms with van der Waals surface area (Å²) in [6.45, 7) is 1.77. The first-order valence-corrected chi connectivity index (χ1v) is 11.2. The number of H-pyrrole nitrogens is 1. The van der Waals surface area contributed by atoms with Crippen LogP contribution in [-0.2, 0) is 9.84 Å². The molecule has 5 rings (SSSR count). The van der Waals surface area contributed by atoms with Crippen LogP contribution in [0.3, 0.4) is 0 Å². The van der Waals surface area contributed by atoms with Crippen LogP contribution in [0.1, 0.15) is 55.8 Å². The van der Waals surface area contributed by atoms with E-state index < -0.39 is 9.84 Å². The van der Waals surface area contributed by atoms with Gasteiger partial charge in [-0.05, 0) is 68.4 Å². The minimum absolute atomic E-state index is 0. The third-order valence-corrected chi connectivity index (χ3v) is 6.84. The van der Waals surface area contributed by atoms with Crippen molar-refractivity contribution >= 4 is 20.9 Å². The van der Waals surface area contributed by atoms with Gasteiger partial charge in [0.15, 0.2) is 9.84 Å². The Labute approximate surface area is 158 Å². The van der Waals surface area contributed by atoms with Gasteiger partial charge in [0.25, 0.3) is 5.56 Å². The van der Waals surface area contributed by atoms with Crippen LogP contribution in [0.4, 0.5) is 0 Å². The number of aryl methyl sites for hydroxylation is 1. The summed E-state index contributed by atoms with van der Waals surface area (Å²) in [6.07, 6.45) is 5.47. The molecule has 0 unspecified atom stereocenters. The summed E-state index contributed by atoms with van der Waals surface area (Å²) < 4.78 is 25.7. The average molecular weight is 385 g/mol. The van der Waals surface area contributed by atoms with Gasteiger partial charge in [0.2, 0.25) is 0 Å². The van der Waals surface area contributed by atoms with Crippen LogP contribution < -0.4 is 5.56 Å². The van der Waals surface area contributed by atoms with Crippen molar-refractivity contribution in [2.45, 2.75) is 49.3 Å². The highest BCUT2D eigenvalue weighted by Crippen LogP contribution is 2.43. The van der Waals surface area contributed by atoms with Crippen LogP contribution in [0.25, 0.3) is 16.7 Å². The molecule has 0 aliphatic heterocycles. The number of rotatable bonds is 4. The summed E-state index contributed by atoms with van der Waals surface area (Å²) in [6, 6.07) is 7.05. The van der Waals surface area contributed by atoms with E-state index in [-0.39, 0.29) is 6.99 Å². The topological polar surface area (TPSA) is 84.8 Å². The zero-order valence-corrected chi connectivity index (χ0v) is 16.1. The molecule has 3 aromatic rings. The molecule has 2 saturated carbocycles. The van der Waals surface area contributed by atoms with Crippen molar-refractivity contribution < 1.29 is 9.84 Å². The smallest absolute Gasteiger partial charge is 0.259 e. The molecule has 6 nitrogen and oxygen atoms in total. The Balaban J connectivity index is 0.00000192. The quantitative estimate of drug-likeness (QED) is 0.746. The zero-order valence-electron chi connectivity index (χ0n) is 15.3. The molecule has 142 valence electrons. The van der Waals surface area contributed by atoms with E-state index in [0.29, 0.717) is 28.0 Å². The van der Waals surface area contributed by atoms with E-state index >= 15 is 0 Å². The van der Waals surface area contributed by atoms with Gasteiger partial charge in [0, 0.05) is 24.9 Å². The molecule has 0 bridgehead atoms. The third-order valence-electron chi connectivity index (χ3n) is 5.58. The molecule has 27 heavy (non-hydrogen) atoms. The van der Waals surface area contributed by atoms with Gasteiger partial charge in [-0.15, -0.1) is 0 Å². The molecule has 2 aliphatic rings. The lowest BCUT2D eigenvalue weighted by atomic mass is 10.1. The van der Waals surface area contributed by atoms with Crippen molar-refractivity contribution in [2.24, 2.45) is 0 Å². The van der Waals surface area contributed by atoms with Gasteiger partial charge in [0.05, 0.1) is 16.1 Å². The van der Waals surface area contributed by atoms with E-state index in [9.17, 15) is 13.2 Å². The average Bonchev–Trinajstić information content (AvgIpc) is 3.51. The second-order valence-corrected chi connectivity index (χ2v) is 9.87. The van der Waals surface area contributed by atoms with E-state index in [1.54, 1.807) is 29.7 Å². The standard InChI is InChI=1S/C20H21N3O3S.H2/c1-11-9-14(7-8-17(11)27(2,25)26)23-19-16(21-22-18(19)13-5-6-13)10-15(20(23)24)12-3-4-12;/h7-10,12-13H,3-6H2,1-2H3,(H,21,22);1H. The summed E-state index contributed by atoms with van der Waals surface area (Å²) in [5.41, 5.74) is 4.78. The van der Waals surface area contributed by atoms with Gasteiger partial charge in [0.1, 0.15) is 5.52 Å². The number of hydrogen-bond donors (Lipinski definition) is 1. The lowest BCUT2D eigenvalue weighted by molar-refractivity contribution is 0.601. The maximum absolute atomic E-state index is 13.4. The maximum Gasteiger partial charge on any atom is 0.259 e. The Hall–Kier alpha value is -2.41. The molecule has 2 aliphatic carbocycles. The number of pyridine rings is 1. The van der Waals surface area contributed by atoms with Crippen LogP contribution in [0.15, 0.2) is 34.0 Å². The number of sulfone groups is 1. The van der Waals surface area contributed by atoms with Crippen molar-refractivity contribution in [3.63, 3.8) is 0 Å². The number of hydrogen-bond acceptors (Lipinski definition) is 4. The summed E-state index contributed by atoms with van der Waals surface area (Å²) >= 11 is 0. The predicted octanol–water partition coefficient (Wildman–Crippen LogP) is 3.43. The predicted molar refractivity (Wildman–Crippen MR) is 106 cm³/mol. The normalized spacial score (nSPS) is 17.6. The molecule has 0 spiro atoms. The van der Waals surface area contributed by atoms with Gasteiger partial charge >= 0.3 is 0 Å². The van der Waals surface area contributed by atoms with E-state index in [1.807, 2.05) is 6.07 Å². The fraction of sp³-hybridized carbons (Fsp3) is 0.400. The second kappa shape index (κ2) is 5.55. The Morgan fingerprint density at radius 2 is 1.85 bits per heavy atom. The van der Waals surface area contributed by atoms with Gasteiger partial charge in [-0.2, -0.15) is 5.10 Å². The van der Waals surface area contributed by atoms with E-state index in [2.05, 4.69) is 10.2 Å². The van der Waals surface area contributed by atoms with Crippen LogP contribution in [0.2, 0.25) is 0 Å². The Morgan fingerprint density at radius 1 is 1.15 bits per heavy atom. The highest BCUT2D eigenvalue weighted by atomic mass is 32.2. The highest BCUT2D eigenvalue weighted by molar-refractivity contribution is 7.90. The van der Waals surface area contributed by atoms with Crippen LogP contribution >= 0.6 is 0 Å². The zero-order chi connectivity index (χ0) is 18.9. The van der Waals surface area contributed by atoms with Crippen molar-refractivity contribution in [1.82, 2.24) is 14.8 Å². The Kier molecular flexibility index (Phi) is 3.44. The number of nitrogens with zero attached hydrogens (tertiary/aromatic N) is 2. The van der Waals surface area contributed by atoms with Crippen molar-refractivity contribution in [1.29, 1.82) is 0 Å². The first kappa shape index (κ1) is 16.7. The maximum atomic E-state index is 13.4. The van der Waals surface area contributed by atoms with E-state index in [0.717, 1.165) is 48.0 Å². The summed E-state index contributed by atoms with van der Waals surface area (Å²) in [7, 11) is -3.30. The second-order valence-electron chi connectivity index (χ2n) is 7.88.